The summed E-state index contributed by atoms with van der Waals surface area (Å²) in [4.78, 5) is 0. The van der Waals surface area contributed by atoms with E-state index in [1.807, 2.05) is 0 Å². The second kappa shape index (κ2) is 6.51. The third kappa shape index (κ3) is 6.69. The third-order valence-electron chi connectivity index (χ3n) is 2.46. The second-order valence-electron chi connectivity index (χ2n) is 4.86. The lowest BCUT2D eigenvalue weighted by Gasteiger charge is -2.18. The standard InChI is InChI=1S/C12H26/c1-6-7-11(4)9-12(5)8-10(2)3/h10-12H,6-9H2,1-5H3. The van der Waals surface area contributed by atoms with Crippen molar-refractivity contribution in [3.8, 4) is 0 Å². The summed E-state index contributed by atoms with van der Waals surface area (Å²) in [5, 5.41) is 0. The molecule has 0 aromatic rings. The molecule has 0 N–H and O–H groups in total. The average Bonchev–Trinajstić information content (AvgIpc) is 1.84. The summed E-state index contributed by atoms with van der Waals surface area (Å²) in [6, 6.07) is 0. The molecule has 0 saturated heterocycles. The van der Waals surface area contributed by atoms with E-state index in [9.17, 15) is 0 Å². The van der Waals surface area contributed by atoms with Crippen molar-refractivity contribution in [2.45, 2.75) is 60.3 Å². The van der Waals surface area contributed by atoms with Gasteiger partial charge in [-0.15, -0.1) is 0 Å². The number of hydrogen-bond acceptors (Lipinski definition) is 0. The molecule has 0 heterocycles. The maximum absolute atomic E-state index is 2.40. The van der Waals surface area contributed by atoms with Crippen molar-refractivity contribution in [1.82, 2.24) is 0 Å². The zero-order valence-corrected chi connectivity index (χ0v) is 9.56. The number of rotatable bonds is 6. The lowest BCUT2D eigenvalue weighted by Crippen LogP contribution is -2.05. The first-order valence-corrected chi connectivity index (χ1v) is 5.56. The van der Waals surface area contributed by atoms with E-state index < -0.39 is 0 Å². The van der Waals surface area contributed by atoms with Gasteiger partial charge >= 0.3 is 0 Å². The number of hydrogen-bond donors (Lipinski definition) is 0. The smallest absolute Gasteiger partial charge is 0.0438 e. The van der Waals surface area contributed by atoms with Crippen LogP contribution in [0.2, 0.25) is 0 Å². The van der Waals surface area contributed by atoms with Crippen LogP contribution < -0.4 is 0 Å². The molecule has 0 fully saturated rings. The molecule has 0 nitrogen and oxygen atoms in total. The maximum Gasteiger partial charge on any atom is -0.0438 e. The highest BCUT2D eigenvalue weighted by Crippen LogP contribution is 2.21. The molecule has 0 aliphatic heterocycles. The van der Waals surface area contributed by atoms with E-state index in [4.69, 9.17) is 0 Å². The molecule has 2 atom stereocenters. The predicted molar refractivity (Wildman–Crippen MR) is 57.3 cm³/mol. The summed E-state index contributed by atoms with van der Waals surface area (Å²) in [5.41, 5.74) is 0. The van der Waals surface area contributed by atoms with Gasteiger partial charge in [-0.1, -0.05) is 47.5 Å². The van der Waals surface area contributed by atoms with E-state index in [1.54, 1.807) is 0 Å². The van der Waals surface area contributed by atoms with Crippen LogP contribution in [0.25, 0.3) is 0 Å². The van der Waals surface area contributed by atoms with Gasteiger partial charge < -0.3 is 0 Å². The van der Waals surface area contributed by atoms with Crippen LogP contribution in [0.15, 0.2) is 0 Å². The quantitative estimate of drug-likeness (QED) is 0.551. The Morgan fingerprint density at radius 3 is 1.83 bits per heavy atom. The van der Waals surface area contributed by atoms with Gasteiger partial charge in [-0.05, 0) is 30.6 Å². The van der Waals surface area contributed by atoms with E-state index in [2.05, 4.69) is 34.6 Å². The molecular weight excluding hydrogens is 144 g/mol. The summed E-state index contributed by atoms with van der Waals surface area (Å²) in [6.45, 7) is 11.7. The van der Waals surface area contributed by atoms with Gasteiger partial charge in [0.25, 0.3) is 0 Å². The molecule has 2 unspecified atom stereocenters. The Balaban J connectivity index is 3.46. The van der Waals surface area contributed by atoms with E-state index in [1.165, 1.54) is 25.7 Å². The first-order chi connectivity index (χ1) is 5.56. The highest BCUT2D eigenvalue weighted by molar-refractivity contribution is 4.61. The summed E-state index contributed by atoms with van der Waals surface area (Å²) >= 11 is 0. The average molecular weight is 170 g/mol. The summed E-state index contributed by atoms with van der Waals surface area (Å²) < 4.78 is 0. The van der Waals surface area contributed by atoms with E-state index in [-0.39, 0.29) is 0 Å². The monoisotopic (exact) mass is 170 g/mol. The van der Waals surface area contributed by atoms with Crippen LogP contribution in [-0.4, -0.2) is 0 Å². The lowest BCUT2D eigenvalue weighted by molar-refractivity contribution is 0.342. The molecule has 0 bridgehead atoms. The molecule has 0 aromatic heterocycles. The third-order valence-corrected chi connectivity index (χ3v) is 2.46. The van der Waals surface area contributed by atoms with Gasteiger partial charge in [0, 0.05) is 0 Å². The minimum atomic E-state index is 0.869. The minimum Gasteiger partial charge on any atom is -0.0654 e. The topological polar surface area (TPSA) is 0 Å². The molecule has 0 amide bonds. The first-order valence-electron chi connectivity index (χ1n) is 5.56. The highest BCUT2D eigenvalue weighted by Gasteiger charge is 2.09. The van der Waals surface area contributed by atoms with Crippen LogP contribution in [0.3, 0.4) is 0 Å². The van der Waals surface area contributed by atoms with E-state index in [0.29, 0.717) is 0 Å². The van der Waals surface area contributed by atoms with Gasteiger partial charge in [-0.25, -0.2) is 0 Å². The fraction of sp³-hybridized carbons (Fsp3) is 1.00. The highest BCUT2D eigenvalue weighted by atomic mass is 14.1. The molecule has 0 spiro atoms. The van der Waals surface area contributed by atoms with Crippen molar-refractivity contribution in [2.75, 3.05) is 0 Å². The molecule has 12 heavy (non-hydrogen) atoms. The van der Waals surface area contributed by atoms with Gasteiger partial charge in [0.2, 0.25) is 0 Å². The van der Waals surface area contributed by atoms with Gasteiger partial charge in [0.05, 0.1) is 0 Å². The van der Waals surface area contributed by atoms with Crippen molar-refractivity contribution >= 4 is 0 Å². The minimum absolute atomic E-state index is 0.869. The molecule has 0 radical (unpaired) electrons. The zero-order valence-electron chi connectivity index (χ0n) is 9.56. The SMILES string of the molecule is CCCC(C)CC(C)CC(C)C. The van der Waals surface area contributed by atoms with Crippen LogP contribution in [0.4, 0.5) is 0 Å². The molecule has 0 saturated carbocycles. The molecule has 0 aliphatic rings. The molecule has 74 valence electrons. The molecular formula is C12H26. The Bertz CT molecular complexity index is 94.2. The Hall–Kier alpha value is 0. The lowest BCUT2D eigenvalue weighted by atomic mass is 9.88. The molecule has 0 aromatic carbocycles. The Kier molecular flexibility index (Phi) is 6.51. The Morgan fingerprint density at radius 1 is 0.833 bits per heavy atom. The summed E-state index contributed by atoms with van der Waals surface area (Å²) in [6.07, 6.45) is 5.57. The summed E-state index contributed by atoms with van der Waals surface area (Å²) in [5.74, 6) is 2.73. The Labute approximate surface area is 78.8 Å². The van der Waals surface area contributed by atoms with Crippen LogP contribution in [0.1, 0.15) is 60.3 Å². The van der Waals surface area contributed by atoms with Gasteiger partial charge in [-0.2, -0.15) is 0 Å². The van der Waals surface area contributed by atoms with Crippen LogP contribution in [0.5, 0.6) is 0 Å². The zero-order chi connectivity index (χ0) is 9.56. The molecule has 0 heteroatoms. The fourth-order valence-corrected chi connectivity index (χ4v) is 2.20. The van der Waals surface area contributed by atoms with Gasteiger partial charge in [0.15, 0.2) is 0 Å². The van der Waals surface area contributed by atoms with Crippen LogP contribution in [-0.2, 0) is 0 Å². The maximum atomic E-state index is 2.40. The second-order valence-corrected chi connectivity index (χ2v) is 4.86. The van der Waals surface area contributed by atoms with Crippen molar-refractivity contribution in [3.05, 3.63) is 0 Å². The molecule has 0 rings (SSSR count). The fourth-order valence-electron chi connectivity index (χ4n) is 2.20. The first kappa shape index (κ1) is 12.0. The largest absolute Gasteiger partial charge is 0.0654 e. The normalized spacial score (nSPS) is 16.5. The van der Waals surface area contributed by atoms with E-state index >= 15 is 0 Å². The van der Waals surface area contributed by atoms with Gasteiger partial charge in [-0.3, -0.25) is 0 Å². The molecule has 0 aliphatic carbocycles. The van der Waals surface area contributed by atoms with Crippen molar-refractivity contribution in [1.29, 1.82) is 0 Å². The van der Waals surface area contributed by atoms with Crippen LogP contribution in [0, 0.1) is 17.8 Å². The summed E-state index contributed by atoms with van der Waals surface area (Å²) in [7, 11) is 0. The van der Waals surface area contributed by atoms with E-state index in [0.717, 1.165) is 17.8 Å². The van der Waals surface area contributed by atoms with Gasteiger partial charge in [0.1, 0.15) is 0 Å². The van der Waals surface area contributed by atoms with Crippen molar-refractivity contribution in [3.63, 3.8) is 0 Å². The van der Waals surface area contributed by atoms with Crippen molar-refractivity contribution in [2.24, 2.45) is 17.8 Å². The Morgan fingerprint density at radius 2 is 1.42 bits per heavy atom. The van der Waals surface area contributed by atoms with Crippen LogP contribution >= 0.6 is 0 Å². The predicted octanol–water partition coefficient (Wildman–Crippen LogP) is 4.49. The van der Waals surface area contributed by atoms with Crippen molar-refractivity contribution < 1.29 is 0 Å².